The zero-order valence-electron chi connectivity index (χ0n) is 12.9. The normalized spacial score (nSPS) is 26.3. The number of likely N-dealkylation sites (N-methyl/N-ethyl adjacent to an activating group) is 1. The van der Waals surface area contributed by atoms with Crippen LogP contribution in [0.25, 0.3) is 0 Å². The fourth-order valence-corrected chi connectivity index (χ4v) is 3.54. The van der Waals surface area contributed by atoms with Crippen molar-refractivity contribution >= 4 is 0 Å². The lowest BCUT2D eigenvalue weighted by molar-refractivity contribution is 0.132. The zero-order valence-corrected chi connectivity index (χ0v) is 12.9. The van der Waals surface area contributed by atoms with Gasteiger partial charge in [-0.15, -0.1) is 0 Å². The van der Waals surface area contributed by atoms with E-state index in [9.17, 15) is 0 Å². The molecule has 0 aliphatic heterocycles. The number of hydrogen-bond acceptors (Lipinski definition) is 2. The first-order chi connectivity index (χ1) is 9.00. The van der Waals surface area contributed by atoms with Crippen molar-refractivity contribution in [3.8, 4) is 0 Å². The van der Waals surface area contributed by atoms with Crippen LogP contribution in [0.5, 0.6) is 0 Å². The highest BCUT2D eigenvalue weighted by molar-refractivity contribution is 5.01. The molecule has 108 valence electrons. The predicted octanol–water partition coefficient (Wildman–Crippen LogP) is 4.26. The third-order valence-corrected chi connectivity index (χ3v) is 4.94. The summed E-state index contributed by atoms with van der Waals surface area (Å²) in [5.41, 5.74) is 0.473. The maximum Gasteiger partial charge on any atom is 0.105 e. The van der Waals surface area contributed by atoms with Gasteiger partial charge in [-0.1, -0.05) is 20.8 Å². The largest absolute Gasteiger partial charge is 0.469 e. The lowest BCUT2D eigenvalue weighted by atomic mass is 9.68. The van der Waals surface area contributed by atoms with E-state index in [2.05, 4.69) is 39.2 Å². The van der Waals surface area contributed by atoms with Gasteiger partial charge in [0.25, 0.3) is 0 Å². The van der Waals surface area contributed by atoms with E-state index in [0.29, 0.717) is 11.5 Å². The number of furan rings is 1. The summed E-state index contributed by atoms with van der Waals surface area (Å²) in [7, 11) is 2.09. The van der Waals surface area contributed by atoms with Gasteiger partial charge in [-0.05, 0) is 62.1 Å². The molecule has 2 nitrogen and oxygen atoms in total. The second-order valence-corrected chi connectivity index (χ2v) is 7.16. The van der Waals surface area contributed by atoms with E-state index in [1.54, 1.807) is 6.26 Å². The summed E-state index contributed by atoms with van der Waals surface area (Å²) in [5.74, 6) is 2.80. The summed E-state index contributed by atoms with van der Waals surface area (Å²) in [6.07, 6.45) is 8.27. The van der Waals surface area contributed by atoms with Crippen LogP contribution in [0.2, 0.25) is 0 Å². The lowest BCUT2D eigenvalue weighted by Gasteiger charge is -2.39. The first-order valence-electron chi connectivity index (χ1n) is 7.70. The average Bonchev–Trinajstić information content (AvgIpc) is 2.88. The van der Waals surface area contributed by atoms with E-state index < -0.39 is 0 Å². The van der Waals surface area contributed by atoms with Gasteiger partial charge < -0.3 is 9.73 Å². The summed E-state index contributed by atoms with van der Waals surface area (Å²) in [4.78, 5) is 0. The van der Waals surface area contributed by atoms with Crippen LogP contribution in [0.15, 0.2) is 22.8 Å². The molecule has 2 rings (SSSR count). The number of hydrogen-bond donors (Lipinski definition) is 1. The van der Waals surface area contributed by atoms with Crippen molar-refractivity contribution in [2.45, 2.75) is 58.9 Å². The maximum atomic E-state index is 5.49. The van der Waals surface area contributed by atoms with Gasteiger partial charge in [0, 0.05) is 12.5 Å². The van der Waals surface area contributed by atoms with Gasteiger partial charge in [-0.2, -0.15) is 0 Å². The van der Waals surface area contributed by atoms with Gasteiger partial charge in [0.1, 0.15) is 5.76 Å². The molecule has 0 aromatic carbocycles. The van der Waals surface area contributed by atoms with Crippen molar-refractivity contribution < 1.29 is 4.42 Å². The highest BCUT2D eigenvalue weighted by atomic mass is 16.3. The zero-order chi connectivity index (χ0) is 13.9. The van der Waals surface area contributed by atoms with Crippen molar-refractivity contribution in [2.24, 2.45) is 17.3 Å². The molecule has 1 atom stereocenters. The molecule has 2 heteroatoms. The first kappa shape index (κ1) is 14.6. The summed E-state index contributed by atoms with van der Waals surface area (Å²) >= 11 is 0. The van der Waals surface area contributed by atoms with Crippen LogP contribution < -0.4 is 5.32 Å². The second kappa shape index (κ2) is 6.13. The second-order valence-electron chi connectivity index (χ2n) is 7.16. The Morgan fingerprint density at radius 2 is 1.95 bits per heavy atom. The third kappa shape index (κ3) is 3.85. The summed E-state index contributed by atoms with van der Waals surface area (Å²) in [6, 6.07) is 4.64. The molecular formula is C17H29NO. The monoisotopic (exact) mass is 263 g/mol. The molecule has 19 heavy (non-hydrogen) atoms. The molecule has 1 aromatic rings. The number of nitrogens with one attached hydrogen (secondary N) is 1. The topological polar surface area (TPSA) is 25.2 Å². The standard InChI is InChI=1S/C17H29NO/c1-17(2,3)14-9-7-13(8-10-14)16(18-4)12-15-6-5-11-19-15/h5-6,11,13-14,16,18H,7-10,12H2,1-4H3. The van der Waals surface area contributed by atoms with Gasteiger partial charge in [-0.3, -0.25) is 0 Å². The van der Waals surface area contributed by atoms with Crippen molar-refractivity contribution in [2.75, 3.05) is 7.05 Å². The van der Waals surface area contributed by atoms with Gasteiger partial charge >= 0.3 is 0 Å². The molecule has 0 saturated heterocycles. The van der Waals surface area contributed by atoms with Crippen LogP contribution in [0.4, 0.5) is 0 Å². The smallest absolute Gasteiger partial charge is 0.105 e. The van der Waals surface area contributed by atoms with Gasteiger partial charge in [0.15, 0.2) is 0 Å². The molecule has 0 spiro atoms. The van der Waals surface area contributed by atoms with E-state index in [0.717, 1.165) is 24.0 Å². The van der Waals surface area contributed by atoms with E-state index in [1.807, 2.05) is 6.07 Å². The van der Waals surface area contributed by atoms with Crippen LogP contribution in [0.1, 0.15) is 52.2 Å². The average molecular weight is 263 g/mol. The summed E-state index contributed by atoms with van der Waals surface area (Å²) in [6.45, 7) is 7.16. The minimum atomic E-state index is 0.473. The van der Waals surface area contributed by atoms with Crippen LogP contribution in [-0.4, -0.2) is 13.1 Å². The van der Waals surface area contributed by atoms with E-state index in [1.165, 1.54) is 25.7 Å². The number of rotatable bonds is 4. The van der Waals surface area contributed by atoms with Crippen LogP contribution in [-0.2, 0) is 6.42 Å². The quantitative estimate of drug-likeness (QED) is 0.878. The Morgan fingerprint density at radius 3 is 2.42 bits per heavy atom. The first-order valence-corrected chi connectivity index (χ1v) is 7.70. The van der Waals surface area contributed by atoms with Crippen LogP contribution in [0.3, 0.4) is 0 Å². The Bertz CT molecular complexity index is 355. The molecule has 0 amide bonds. The van der Waals surface area contributed by atoms with Crippen LogP contribution >= 0.6 is 0 Å². The third-order valence-electron chi connectivity index (χ3n) is 4.94. The Kier molecular flexibility index (Phi) is 4.72. The van der Waals surface area contributed by atoms with Crippen molar-refractivity contribution in [3.63, 3.8) is 0 Å². The van der Waals surface area contributed by atoms with Crippen molar-refractivity contribution in [1.82, 2.24) is 5.32 Å². The molecule has 1 aliphatic carbocycles. The summed E-state index contributed by atoms with van der Waals surface area (Å²) < 4.78 is 5.49. The lowest BCUT2D eigenvalue weighted by Crippen LogP contribution is -2.39. The maximum absolute atomic E-state index is 5.49. The fraction of sp³-hybridized carbons (Fsp3) is 0.765. The predicted molar refractivity (Wildman–Crippen MR) is 80.2 cm³/mol. The molecule has 1 N–H and O–H groups in total. The van der Waals surface area contributed by atoms with Crippen LogP contribution in [0, 0.1) is 17.3 Å². The Morgan fingerprint density at radius 1 is 1.26 bits per heavy atom. The Labute approximate surface area is 118 Å². The molecule has 0 radical (unpaired) electrons. The Balaban J connectivity index is 1.88. The minimum Gasteiger partial charge on any atom is -0.469 e. The molecule has 0 bridgehead atoms. The van der Waals surface area contributed by atoms with Crippen molar-refractivity contribution in [3.05, 3.63) is 24.2 Å². The Hall–Kier alpha value is -0.760. The minimum absolute atomic E-state index is 0.473. The van der Waals surface area contributed by atoms with Gasteiger partial charge in [0.2, 0.25) is 0 Å². The highest BCUT2D eigenvalue weighted by Gasteiger charge is 2.32. The SMILES string of the molecule is CNC(Cc1ccco1)C1CCC(C(C)(C)C)CC1. The molecule has 1 unspecified atom stereocenters. The fourth-order valence-electron chi connectivity index (χ4n) is 3.54. The highest BCUT2D eigenvalue weighted by Crippen LogP contribution is 2.40. The van der Waals surface area contributed by atoms with E-state index in [4.69, 9.17) is 4.42 Å². The summed E-state index contributed by atoms with van der Waals surface area (Å²) in [5, 5.41) is 3.50. The molecular weight excluding hydrogens is 234 g/mol. The van der Waals surface area contributed by atoms with E-state index in [-0.39, 0.29) is 0 Å². The molecule has 1 aliphatic rings. The van der Waals surface area contributed by atoms with E-state index >= 15 is 0 Å². The molecule has 1 saturated carbocycles. The van der Waals surface area contributed by atoms with Gasteiger partial charge in [-0.25, -0.2) is 0 Å². The molecule has 1 heterocycles. The van der Waals surface area contributed by atoms with Gasteiger partial charge in [0.05, 0.1) is 6.26 Å². The molecule has 1 fully saturated rings. The van der Waals surface area contributed by atoms with Crippen molar-refractivity contribution in [1.29, 1.82) is 0 Å². The molecule has 1 aromatic heterocycles.